The summed E-state index contributed by atoms with van der Waals surface area (Å²) >= 11 is 0. The summed E-state index contributed by atoms with van der Waals surface area (Å²) in [6, 6.07) is 0. The van der Waals surface area contributed by atoms with E-state index in [1.807, 2.05) is 34.6 Å². The Bertz CT molecular complexity index is 328. The summed E-state index contributed by atoms with van der Waals surface area (Å²) in [5.41, 5.74) is 5.16. The highest BCUT2D eigenvalue weighted by atomic mass is 16.7. The molecular weight excluding hydrogens is 258 g/mol. The molecule has 0 bridgehead atoms. The van der Waals surface area contributed by atoms with Gasteiger partial charge in [-0.3, -0.25) is 4.79 Å². The number of hydrogen-bond acceptors (Lipinski definition) is 5. The number of carbonyl (C=O) groups is 1. The van der Waals surface area contributed by atoms with E-state index in [0.717, 1.165) is 12.8 Å². The van der Waals surface area contributed by atoms with E-state index < -0.39 is 11.4 Å². The van der Waals surface area contributed by atoms with E-state index in [2.05, 4.69) is 0 Å². The molecule has 1 aliphatic rings. The van der Waals surface area contributed by atoms with Crippen molar-refractivity contribution < 1.29 is 19.0 Å². The third-order valence-electron chi connectivity index (χ3n) is 3.55. The molecule has 1 aliphatic heterocycles. The molecule has 5 nitrogen and oxygen atoms in total. The number of esters is 1. The predicted octanol–water partition coefficient (Wildman–Crippen LogP) is 2.37. The first-order chi connectivity index (χ1) is 9.17. The van der Waals surface area contributed by atoms with Crippen LogP contribution in [0.25, 0.3) is 0 Å². The van der Waals surface area contributed by atoms with Gasteiger partial charge >= 0.3 is 5.97 Å². The van der Waals surface area contributed by atoms with Gasteiger partial charge in [0, 0.05) is 6.42 Å². The molecule has 0 spiro atoms. The molecule has 1 heterocycles. The van der Waals surface area contributed by atoms with Crippen molar-refractivity contribution in [1.29, 1.82) is 0 Å². The van der Waals surface area contributed by atoms with Crippen LogP contribution in [0.15, 0.2) is 0 Å². The molecule has 0 unspecified atom stereocenters. The van der Waals surface area contributed by atoms with Crippen molar-refractivity contribution in [3.8, 4) is 0 Å². The largest absolute Gasteiger partial charge is 0.460 e. The van der Waals surface area contributed by atoms with Crippen molar-refractivity contribution in [2.24, 2.45) is 5.73 Å². The predicted molar refractivity (Wildman–Crippen MR) is 77.2 cm³/mol. The average molecular weight is 287 g/mol. The third-order valence-corrected chi connectivity index (χ3v) is 3.55. The van der Waals surface area contributed by atoms with Gasteiger partial charge in [0.25, 0.3) is 0 Å². The Kier molecular flexibility index (Phi) is 5.98. The Balaban J connectivity index is 2.55. The second kappa shape index (κ2) is 6.87. The van der Waals surface area contributed by atoms with E-state index in [1.165, 1.54) is 0 Å². The molecule has 0 aromatic heterocycles. The summed E-state index contributed by atoms with van der Waals surface area (Å²) in [6.07, 6.45) is 2.38. The fraction of sp³-hybridized carbons (Fsp3) is 0.933. The van der Waals surface area contributed by atoms with Gasteiger partial charge < -0.3 is 19.9 Å². The molecule has 5 heteroatoms. The molecule has 0 aliphatic carbocycles. The molecule has 118 valence electrons. The van der Waals surface area contributed by atoms with Crippen LogP contribution in [0, 0.1) is 0 Å². The summed E-state index contributed by atoms with van der Waals surface area (Å²) in [7, 11) is 0. The zero-order valence-corrected chi connectivity index (χ0v) is 13.4. The lowest BCUT2D eigenvalue weighted by Crippen LogP contribution is -2.46. The average Bonchev–Trinajstić information content (AvgIpc) is 2.26. The minimum absolute atomic E-state index is 0.0423. The number of rotatable bonds is 6. The molecule has 0 amide bonds. The first-order valence-corrected chi connectivity index (χ1v) is 7.45. The van der Waals surface area contributed by atoms with Gasteiger partial charge in [-0.2, -0.15) is 0 Å². The van der Waals surface area contributed by atoms with Crippen molar-refractivity contribution in [3.05, 3.63) is 0 Å². The Morgan fingerprint density at radius 3 is 2.50 bits per heavy atom. The lowest BCUT2D eigenvalue weighted by atomic mass is 10.0. The van der Waals surface area contributed by atoms with Gasteiger partial charge in [-0.25, -0.2) is 0 Å². The number of ether oxygens (including phenoxy) is 3. The summed E-state index contributed by atoms with van der Waals surface area (Å²) in [6.45, 7) is 10.1. The molecule has 0 saturated carbocycles. The van der Waals surface area contributed by atoms with Crippen LogP contribution >= 0.6 is 0 Å². The highest BCUT2D eigenvalue weighted by Gasteiger charge is 2.36. The molecule has 0 radical (unpaired) electrons. The van der Waals surface area contributed by atoms with Crippen LogP contribution in [-0.2, 0) is 19.0 Å². The van der Waals surface area contributed by atoms with Gasteiger partial charge in [-0.1, -0.05) is 6.92 Å². The molecule has 1 fully saturated rings. The quantitative estimate of drug-likeness (QED) is 0.759. The lowest BCUT2D eigenvalue weighted by Gasteiger charge is -2.40. The van der Waals surface area contributed by atoms with Gasteiger partial charge in [0.1, 0.15) is 5.60 Å². The molecule has 20 heavy (non-hydrogen) atoms. The van der Waals surface area contributed by atoms with E-state index in [1.54, 1.807) is 0 Å². The number of hydrogen-bond donors (Lipinski definition) is 1. The second-order valence-corrected chi connectivity index (χ2v) is 6.48. The van der Waals surface area contributed by atoms with Crippen LogP contribution in [0.4, 0.5) is 0 Å². The maximum absolute atomic E-state index is 12.0. The number of carbonyl (C=O) groups excluding carboxylic acids is 1. The van der Waals surface area contributed by atoms with Crippen molar-refractivity contribution in [2.75, 3.05) is 6.54 Å². The standard InChI is InChI=1S/C15H29NO4/c1-6-14(2,3)20-13(17)10-12-9-11(7-8-16)18-15(4,5)19-12/h11-12H,6-10,16H2,1-5H3/t11-,12-/m1/s1. The van der Waals surface area contributed by atoms with Crippen LogP contribution < -0.4 is 5.73 Å². The van der Waals surface area contributed by atoms with Crippen LogP contribution in [0.2, 0.25) is 0 Å². The Hall–Kier alpha value is -0.650. The van der Waals surface area contributed by atoms with Crippen molar-refractivity contribution in [1.82, 2.24) is 0 Å². The van der Waals surface area contributed by atoms with Gasteiger partial charge in [0.15, 0.2) is 5.79 Å². The number of nitrogens with two attached hydrogens (primary N) is 1. The van der Waals surface area contributed by atoms with Gasteiger partial charge in [0.05, 0.1) is 18.6 Å². The Morgan fingerprint density at radius 2 is 1.95 bits per heavy atom. The normalized spacial score (nSPS) is 26.3. The summed E-state index contributed by atoms with van der Waals surface area (Å²) < 4.78 is 17.1. The molecule has 2 N–H and O–H groups in total. The molecule has 2 atom stereocenters. The SMILES string of the molecule is CCC(C)(C)OC(=O)C[C@H]1C[C@@H](CCN)OC(C)(C)O1. The van der Waals surface area contributed by atoms with Crippen LogP contribution in [0.5, 0.6) is 0 Å². The van der Waals surface area contributed by atoms with Crippen molar-refractivity contribution >= 4 is 5.97 Å². The monoisotopic (exact) mass is 287 g/mol. The zero-order chi connectivity index (χ0) is 15.4. The van der Waals surface area contributed by atoms with Gasteiger partial charge in [-0.15, -0.1) is 0 Å². The maximum atomic E-state index is 12.0. The Labute approximate surface area is 122 Å². The molecule has 0 aromatic carbocycles. The molecule has 1 rings (SSSR count). The smallest absolute Gasteiger partial charge is 0.308 e. The van der Waals surface area contributed by atoms with Crippen LogP contribution in [0.1, 0.15) is 60.3 Å². The topological polar surface area (TPSA) is 70.8 Å². The van der Waals surface area contributed by atoms with E-state index in [-0.39, 0.29) is 24.6 Å². The van der Waals surface area contributed by atoms with E-state index in [0.29, 0.717) is 13.0 Å². The summed E-state index contributed by atoms with van der Waals surface area (Å²) in [5.74, 6) is -0.894. The molecule has 0 aromatic rings. The molecule has 1 saturated heterocycles. The first kappa shape index (κ1) is 17.4. The zero-order valence-electron chi connectivity index (χ0n) is 13.4. The van der Waals surface area contributed by atoms with E-state index >= 15 is 0 Å². The van der Waals surface area contributed by atoms with Gasteiger partial charge in [-0.05, 0) is 47.1 Å². The van der Waals surface area contributed by atoms with Gasteiger partial charge in [0.2, 0.25) is 0 Å². The fourth-order valence-corrected chi connectivity index (χ4v) is 2.32. The fourth-order valence-electron chi connectivity index (χ4n) is 2.32. The highest BCUT2D eigenvalue weighted by molar-refractivity contribution is 5.70. The second-order valence-electron chi connectivity index (χ2n) is 6.48. The summed E-state index contributed by atoms with van der Waals surface area (Å²) in [5, 5.41) is 0. The van der Waals surface area contributed by atoms with Crippen molar-refractivity contribution in [2.45, 2.75) is 83.9 Å². The highest BCUT2D eigenvalue weighted by Crippen LogP contribution is 2.30. The summed E-state index contributed by atoms with van der Waals surface area (Å²) in [4.78, 5) is 12.0. The lowest BCUT2D eigenvalue weighted by molar-refractivity contribution is -0.300. The first-order valence-electron chi connectivity index (χ1n) is 7.45. The maximum Gasteiger partial charge on any atom is 0.308 e. The third kappa shape index (κ3) is 5.77. The Morgan fingerprint density at radius 1 is 1.35 bits per heavy atom. The minimum atomic E-state index is -0.677. The van der Waals surface area contributed by atoms with E-state index in [4.69, 9.17) is 19.9 Å². The van der Waals surface area contributed by atoms with E-state index in [9.17, 15) is 4.79 Å². The van der Waals surface area contributed by atoms with Crippen LogP contribution in [-0.4, -0.2) is 36.1 Å². The van der Waals surface area contributed by atoms with Crippen LogP contribution in [0.3, 0.4) is 0 Å². The molecular formula is C15H29NO4. The van der Waals surface area contributed by atoms with Crippen molar-refractivity contribution in [3.63, 3.8) is 0 Å². The minimum Gasteiger partial charge on any atom is -0.460 e.